The lowest BCUT2D eigenvalue weighted by Gasteiger charge is -2.31. The smallest absolute Gasteiger partial charge is 0.153 e. The van der Waals surface area contributed by atoms with Crippen LogP contribution in [0.25, 0.3) is 5.69 Å². The summed E-state index contributed by atoms with van der Waals surface area (Å²) in [4.78, 5) is 0. The molecular weight excluding hydrogens is 368 g/mol. The van der Waals surface area contributed by atoms with Crippen LogP contribution < -0.4 is 4.74 Å². The van der Waals surface area contributed by atoms with Crippen molar-refractivity contribution in [1.82, 2.24) is 9.78 Å². The van der Waals surface area contributed by atoms with E-state index in [4.69, 9.17) is 9.47 Å². The molecule has 1 aliphatic heterocycles. The third-order valence-electron chi connectivity index (χ3n) is 5.24. The first-order valence-corrected chi connectivity index (χ1v) is 11.0. The van der Waals surface area contributed by atoms with Gasteiger partial charge < -0.3 is 14.6 Å². The summed E-state index contributed by atoms with van der Waals surface area (Å²) in [6.07, 6.45) is 5.30. The maximum atomic E-state index is 12.3. The van der Waals surface area contributed by atoms with E-state index in [1.807, 2.05) is 24.3 Å². The maximum absolute atomic E-state index is 12.3. The molecule has 0 amide bonds. The van der Waals surface area contributed by atoms with Crippen molar-refractivity contribution >= 4 is 9.84 Å². The van der Waals surface area contributed by atoms with Crippen LogP contribution in [0.5, 0.6) is 11.5 Å². The molecule has 1 saturated heterocycles. The molecular formula is C19H24N2O5S. The predicted octanol–water partition coefficient (Wildman–Crippen LogP) is 2.19. The number of aromatic nitrogens is 2. The van der Waals surface area contributed by atoms with Crippen LogP contribution in [0, 0.1) is 11.8 Å². The summed E-state index contributed by atoms with van der Waals surface area (Å²) in [5, 5.41) is 13.3. The van der Waals surface area contributed by atoms with Crippen LogP contribution in [0.3, 0.4) is 0 Å². The SMILES string of the molecule is O=S(=O)(CC1CCOCC1COc1ccc(-n2cc(O)cn2)cc1)C1CC1. The Morgan fingerprint density at radius 3 is 2.63 bits per heavy atom. The number of rotatable bonds is 7. The molecule has 27 heavy (non-hydrogen) atoms. The number of nitrogens with zero attached hydrogens (tertiary/aromatic N) is 2. The largest absolute Gasteiger partial charge is 0.505 e. The van der Waals surface area contributed by atoms with E-state index in [0.29, 0.717) is 25.6 Å². The van der Waals surface area contributed by atoms with E-state index < -0.39 is 9.84 Å². The number of benzene rings is 1. The summed E-state index contributed by atoms with van der Waals surface area (Å²) in [5.41, 5.74) is 0.817. The summed E-state index contributed by atoms with van der Waals surface area (Å²) in [7, 11) is -2.98. The van der Waals surface area contributed by atoms with Crippen molar-refractivity contribution in [3.05, 3.63) is 36.7 Å². The molecule has 2 atom stereocenters. The molecule has 2 aliphatic rings. The number of ether oxygens (including phenoxy) is 2. The highest BCUT2D eigenvalue weighted by Gasteiger charge is 2.39. The van der Waals surface area contributed by atoms with Crippen molar-refractivity contribution < 1.29 is 23.0 Å². The Bertz CT molecular complexity index is 874. The van der Waals surface area contributed by atoms with Gasteiger partial charge >= 0.3 is 0 Å². The first-order valence-electron chi connectivity index (χ1n) is 9.27. The van der Waals surface area contributed by atoms with Crippen LogP contribution in [0.1, 0.15) is 19.3 Å². The molecule has 0 spiro atoms. The number of hydrogen-bond donors (Lipinski definition) is 1. The molecule has 1 saturated carbocycles. The molecule has 1 aromatic heterocycles. The highest BCUT2D eigenvalue weighted by Crippen LogP contribution is 2.33. The average molecular weight is 392 g/mol. The van der Waals surface area contributed by atoms with Crippen LogP contribution >= 0.6 is 0 Å². The van der Waals surface area contributed by atoms with E-state index in [1.54, 1.807) is 4.68 Å². The van der Waals surface area contributed by atoms with Gasteiger partial charge in [-0.15, -0.1) is 0 Å². The maximum Gasteiger partial charge on any atom is 0.153 e. The van der Waals surface area contributed by atoms with Crippen molar-refractivity contribution in [1.29, 1.82) is 0 Å². The molecule has 1 aromatic carbocycles. The highest BCUT2D eigenvalue weighted by molar-refractivity contribution is 7.92. The molecule has 146 valence electrons. The van der Waals surface area contributed by atoms with Crippen molar-refractivity contribution in [2.75, 3.05) is 25.6 Å². The Labute approximate surface area is 158 Å². The Morgan fingerprint density at radius 1 is 1.19 bits per heavy atom. The average Bonchev–Trinajstić information content (AvgIpc) is 3.44. The first-order chi connectivity index (χ1) is 13.0. The summed E-state index contributed by atoms with van der Waals surface area (Å²) in [6, 6.07) is 7.39. The standard InChI is InChI=1S/C19H24N2O5S/c22-17-9-20-21(10-17)16-1-3-18(4-2-16)26-12-15-11-25-8-7-14(15)13-27(23,24)19-5-6-19/h1-4,9-10,14-15,19,22H,5-8,11-13H2. The van der Waals surface area contributed by atoms with Crippen molar-refractivity contribution in [3.8, 4) is 17.2 Å². The van der Waals surface area contributed by atoms with E-state index in [-0.39, 0.29) is 28.6 Å². The van der Waals surface area contributed by atoms with Gasteiger partial charge in [0.05, 0.1) is 42.3 Å². The highest BCUT2D eigenvalue weighted by atomic mass is 32.2. The Balaban J connectivity index is 1.36. The van der Waals surface area contributed by atoms with Gasteiger partial charge in [-0.05, 0) is 49.4 Å². The lowest BCUT2D eigenvalue weighted by molar-refractivity contribution is 0.00447. The summed E-state index contributed by atoms with van der Waals surface area (Å²) in [5.74, 6) is 1.24. The normalized spacial score (nSPS) is 23.3. The van der Waals surface area contributed by atoms with Crippen molar-refractivity contribution in [2.45, 2.75) is 24.5 Å². The zero-order chi connectivity index (χ0) is 18.9. The van der Waals surface area contributed by atoms with Gasteiger partial charge in [0.15, 0.2) is 15.6 Å². The monoisotopic (exact) mass is 392 g/mol. The van der Waals surface area contributed by atoms with E-state index in [9.17, 15) is 13.5 Å². The third-order valence-corrected chi connectivity index (χ3v) is 7.62. The van der Waals surface area contributed by atoms with E-state index in [2.05, 4.69) is 5.10 Å². The predicted molar refractivity (Wildman–Crippen MR) is 99.9 cm³/mol. The second-order valence-electron chi connectivity index (χ2n) is 7.36. The fraction of sp³-hybridized carbons (Fsp3) is 0.526. The molecule has 1 N–H and O–H groups in total. The van der Waals surface area contributed by atoms with Crippen LogP contribution in [0.4, 0.5) is 0 Å². The van der Waals surface area contributed by atoms with Crippen LogP contribution in [-0.4, -0.2) is 54.1 Å². The van der Waals surface area contributed by atoms with Crippen LogP contribution in [0.15, 0.2) is 36.7 Å². The fourth-order valence-corrected chi connectivity index (χ4v) is 5.62. The first kappa shape index (κ1) is 18.3. The van der Waals surface area contributed by atoms with Gasteiger partial charge in [0.25, 0.3) is 0 Å². The van der Waals surface area contributed by atoms with Gasteiger partial charge in [-0.3, -0.25) is 0 Å². The zero-order valence-electron chi connectivity index (χ0n) is 15.0. The number of hydrogen-bond acceptors (Lipinski definition) is 6. The molecule has 2 heterocycles. The minimum atomic E-state index is -2.98. The number of sulfone groups is 1. The lowest BCUT2D eigenvalue weighted by atomic mass is 9.91. The van der Waals surface area contributed by atoms with Gasteiger partial charge in [0, 0.05) is 12.5 Å². The second kappa shape index (κ2) is 7.52. The molecule has 8 heteroatoms. The molecule has 0 radical (unpaired) electrons. The summed E-state index contributed by atoms with van der Waals surface area (Å²) < 4.78 is 37.7. The molecule has 2 fully saturated rings. The number of aromatic hydroxyl groups is 1. The van der Waals surface area contributed by atoms with Gasteiger partial charge in [0.1, 0.15) is 5.75 Å². The Hall–Kier alpha value is -2.06. The Morgan fingerprint density at radius 2 is 1.96 bits per heavy atom. The summed E-state index contributed by atoms with van der Waals surface area (Å²) >= 11 is 0. The minimum absolute atomic E-state index is 0.0787. The van der Waals surface area contributed by atoms with Crippen molar-refractivity contribution in [2.24, 2.45) is 11.8 Å². The van der Waals surface area contributed by atoms with E-state index in [0.717, 1.165) is 24.9 Å². The zero-order valence-corrected chi connectivity index (χ0v) is 15.8. The van der Waals surface area contributed by atoms with E-state index in [1.165, 1.54) is 12.4 Å². The molecule has 7 nitrogen and oxygen atoms in total. The van der Waals surface area contributed by atoms with Gasteiger partial charge in [0.2, 0.25) is 0 Å². The third kappa shape index (κ3) is 4.44. The van der Waals surface area contributed by atoms with Crippen LogP contribution in [-0.2, 0) is 14.6 Å². The lowest BCUT2D eigenvalue weighted by Crippen LogP contribution is -2.36. The van der Waals surface area contributed by atoms with Gasteiger partial charge in [-0.25, -0.2) is 13.1 Å². The summed E-state index contributed by atoms with van der Waals surface area (Å²) in [6.45, 7) is 1.59. The fourth-order valence-electron chi connectivity index (χ4n) is 3.46. The Kier molecular flexibility index (Phi) is 5.10. The molecule has 2 unspecified atom stereocenters. The van der Waals surface area contributed by atoms with Gasteiger partial charge in [-0.2, -0.15) is 5.10 Å². The molecule has 1 aliphatic carbocycles. The molecule has 0 bridgehead atoms. The van der Waals surface area contributed by atoms with Gasteiger partial charge in [-0.1, -0.05) is 0 Å². The molecule has 2 aromatic rings. The second-order valence-corrected chi connectivity index (χ2v) is 9.69. The topological polar surface area (TPSA) is 90.7 Å². The molecule has 4 rings (SSSR count). The minimum Gasteiger partial charge on any atom is -0.505 e. The van der Waals surface area contributed by atoms with Crippen molar-refractivity contribution in [3.63, 3.8) is 0 Å². The van der Waals surface area contributed by atoms with E-state index >= 15 is 0 Å². The van der Waals surface area contributed by atoms with Crippen LogP contribution in [0.2, 0.25) is 0 Å². The quantitative estimate of drug-likeness (QED) is 0.777.